The minimum absolute atomic E-state index is 0. The molecular formula is C13H19ClN4. The van der Waals surface area contributed by atoms with E-state index in [1.165, 1.54) is 12.8 Å². The van der Waals surface area contributed by atoms with Crippen LogP contribution in [0.1, 0.15) is 18.4 Å². The molecule has 1 saturated heterocycles. The second-order valence-corrected chi connectivity index (χ2v) is 4.58. The number of nitriles is 1. The highest BCUT2D eigenvalue weighted by atomic mass is 35.5. The molecule has 2 heterocycles. The third-order valence-electron chi connectivity index (χ3n) is 3.20. The molecule has 18 heavy (non-hydrogen) atoms. The Hall–Kier alpha value is -1.31. The van der Waals surface area contributed by atoms with Gasteiger partial charge in [0.1, 0.15) is 11.9 Å². The molecule has 1 aliphatic rings. The lowest BCUT2D eigenvalue weighted by Gasteiger charge is -2.28. The van der Waals surface area contributed by atoms with Gasteiger partial charge < -0.3 is 10.2 Å². The van der Waals surface area contributed by atoms with Crippen LogP contribution in [0.5, 0.6) is 0 Å². The smallest absolute Gasteiger partial charge is 0.146 e. The molecule has 1 aromatic rings. The zero-order valence-corrected chi connectivity index (χ0v) is 11.4. The summed E-state index contributed by atoms with van der Waals surface area (Å²) in [6.07, 6.45) is 4.24. The van der Waals surface area contributed by atoms with Crippen LogP contribution in [-0.4, -0.2) is 31.7 Å². The second kappa shape index (κ2) is 7.20. The number of aromatic nitrogens is 1. The van der Waals surface area contributed by atoms with E-state index < -0.39 is 0 Å². The molecule has 5 heteroatoms. The highest BCUT2D eigenvalue weighted by Gasteiger charge is 2.17. The van der Waals surface area contributed by atoms with E-state index in [4.69, 9.17) is 5.26 Å². The number of hydrogen-bond acceptors (Lipinski definition) is 4. The lowest BCUT2D eigenvalue weighted by Crippen LogP contribution is -2.37. The summed E-state index contributed by atoms with van der Waals surface area (Å²) >= 11 is 0. The quantitative estimate of drug-likeness (QED) is 0.907. The van der Waals surface area contributed by atoms with E-state index >= 15 is 0 Å². The summed E-state index contributed by atoms with van der Waals surface area (Å²) in [7, 11) is 2.01. The van der Waals surface area contributed by atoms with Gasteiger partial charge in [0.2, 0.25) is 0 Å². The summed E-state index contributed by atoms with van der Waals surface area (Å²) in [5, 5.41) is 12.5. The van der Waals surface area contributed by atoms with E-state index in [0.29, 0.717) is 11.5 Å². The summed E-state index contributed by atoms with van der Waals surface area (Å²) < 4.78 is 0. The van der Waals surface area contributed by atoms with E-state index in [1.54, 1.807) is 12.3 Å². The van der Waals surface area contributed by atoms with Crippen molar-refractivity contribution in [3.8, 4) is 6.07 Å². The molecule has 0 aliphatic carbocycles. The summed E-state index contributed by atoms with van der Waals surface area (Å²) in [5.74, 6) is 1.45. The fraction of sp³-hybridized carbons (Fsp3) is 0.538. The molecule has 1 aliphatic heterocycles. The number of nitrogens with one attached hydrogen (secondary N) is 1. The van der Waals surface area contributed by atoms with Crippen molar-refractivity contribution in [3.05, 3.63) is 23.9 Å². The van der Waals surface area contributed by atoms with Gasteiger partial charge in [0.15, 0.2) is 0 Å². The molecule has 0 radical (unpaired) electrons. The van der Waals surface area contributed by atoms with E-state index in [9.17, 15) is 0 Å². The third-order valence-corrected chi connectivity index (χ3v) is 3.20. The lowest BCUT2D eigenvalue weighted by atomic mass is 9.99. The Bertz CT molecular complexity index is 410. The van der Waals surface area contributed by atoms with Crippen LogP contribution >= 0.6 is 12.4 Å². The number of piperidine rings is 1. The van der Waals surface area contributed by atoms with Crippen LogP contribution in [0.3, 0.4) is 0 Å². The number of nitrogens with zero attached hydrogens (tertiary/aromatic N) is 3. The van der Waals surface area contributed by atoms with E-state index in [2.05, 4.69) is 21.3 Å². The topological polar surface area (TPSA) is 52.0 Å². The number of anilines is 1. The van der Waals surface area contributed by atoms with Crippen molar-refractivity contribution in [1.82, 2.24) is 10.3 Å². The molecule has 0 aromatic carbocycles. The minimum Gasteiger partial charge on any atom is -0.358 e. The standard InChI is InChI=1S/C13H18N4.ClH/c1-17(10-11-4-2-6-15-9-11)13-12(8-14)5-3-7-16-13;/h3,5,7,11,15H,2,4,6,9-10H2,1H3;1H. The average Bonchev–Trinajstić information content (AvgIpc) is 2.40. The van der Waals surface area contributed by atoms with Gasteiger partial charge in [-0.25, -0.2) is 4.98 Å². The van der Waals surface area contributed by atoms with Gasteiger partial charge in [0.25, 0.3) is 0 Å². The van der Waals surface area contributed by atoms with Gasteiger partial charge in [0, 0.05) is 19.8 Å². The van der Waals surface area contributed by atoms with Crippen molar-refractivity contribution in [2.24, 2.45) is 5.92 Å². The van der Waals surface area contributed by atoms with Crippen LogP contribution in [0.2, 0.25) is 0 Å². The predicted octanol–water partition coefficient (Wildman–Crippen LogP) is 1.81. The molecule has 0 saturated carbocycles. The highest BCUT2D eigenvalue weighted by molar-refractivity contribution is 5.85. The fourth-order valence-electron chi connectivity index (χ4n) is 2.34. The Morgan fingerprint density at radius 2 is 2.44 bits per heavy atom. The second-order valence-electron chi connectivity index (χ2n) is 4.58. The van der Waals surface area contributed by atoms with Crippen molar-refractivity contribution in [2.75, 3.05) is 31.6 Å². The molecule has 1 N–H and O–H groups in total. The molecule has 1 aromatic heterocycles. The summed E-state index contributed by atoms with van der Waals surface area (Å²) in [6, 6.07) is 5.81. The lowest BCUT2D eigenvalue weighted by molar-refractivity contribution is 0.380. The highest BCUT2D eigenvalue weighted by Crippen LogP contribution is 2.18. The van der Waals surface area contributed by atoms with Crippen molar-refractivity contribution in [1.29, 1.82) is 5.26 Å². The first-order chi connectivity index (χ1) is 8.31. The molecule has 4 nitrogen and oxygen atoms in total. The van der Waals surface area contributed by atoms with Crippen LogP contribution in [0.15, 0.2) is 18.3 Å². The molecule has 0 bridgehead atoms. The summed E-state index contributed by atoms with van der Waals surface area (Å²) in [6.45, 7) is 3.16. The van der Waals surface area contributed by atoms with Gasteiger partial charge in [-0.05, 0) is 44.0 Å². The zero-order valence-electron chi connectivity index (χ0n) is 10.6. The number of rotatable bonds is 3. The number of hydrogen-bond donors (Lipinski definition) is 1. The van der Waals surface area contributed by atoms with Crippen molar-refractivity contribution < 1.29 is 0 Å². The van der Waals surface area contributed by atoms with Crippen LogP contribution in [0, 0.1) is 17.2 Å². The van der Waals surface area contributed by atoms with Crippen molar-refractivity contribution in [3.63, 3.8) is 0 Å². The Balaban J connectivity index is 0.00000162. The molecular weight excluding hydrogens is 248 g/mol. The van der Waals surface area contributed by atoms with Gasteiger partial charge in [-0.2, -0.15) is 5.26 Å². The molecule has 1 atom stereocenters. The van der Waals surface area contributed by atoms with Crippen LogP contribution in [-0.2, 0) is 0 Å². The number of halogens is 1. The Kier molecular flexibility index (Phi) is 5.90. The van der Waals surface area contributed by atoms with Crippen molar-refractivity contribution in [2.45, 2.75) is 12.8 Å². The summed E-state index contributed by atoms with van der Waals surface area (Å²) in [5.41, 5.74) is 0.652. The fourth-order valence-corrected chi connectivity index (χ4v) is 2.34. The largest absolute Gasteiger partial charge is 0.358 e. The maximum Gasteiger partial charge on any atom is 0.146 e. The Morgan fingerprint density at radius 3 is 3.11 bits per heavy atom. The molecule has 0 amide bonds. The average molecular weight is 267 g/mol. The predicted molar refractivity (Wildman–Crippen MR) is 75.1 cm³/mol. The van der Waals surface area contributed by atoms with Crippen LogP contribution in [0.25, 0.3) is 0 Å². The first-order valence-corrected chi connectivity index (χ1v) is 6.08. The van der Waals surface area contributed by atoms with E-state index in [1.807, 2.05) is 13.1 Å². The molecule has 98 valence electrons. The third kappa shape index (κ3) is 3.59. The maximum absolute atomic E-state index is 9.04. The Labute approximate surface area is 114 Å². The van der Waals surface area contributed by atoms with Crippen molar-refractivity contribution >= 4 is 18.2 Å². The monoisotopic (exact) mass is 266 g/mol. The minimum atomic E-state index is 0. The zero-order chi connectivity index (χ0) is 12.1. The van der Waals surface area contributed by atoms with Crippen LogP contribution in [0.4, 0.5) is 5.82 Å². The summed E-state index contributed by atoms with van der Waals surface area (Å²) in [4.78, 5) is 6.39. The van der Waals surface area contributed by atoms with E-state index in [0.717, 1.165) is 25.5 Å². The van der Waals surface area contributed by atoms with Crippen LogP contribution < -0.4 is 10.2 Å². The number of pyridine rings is 1. The van der Waals surface area contributed by atoms with E-state index in [-0.39, 0.29) is 12.4 Å². The van der Waals surface area contributed by atoms with Gasteiger partial charge >= 0.3 is 0 Å². The Morgan fingerprint density at radius 1 is 1.61 bits per heavy atom. The first-order valence-electron chi connectivity index (χ1n) is 6.08. The van der Waals surface area contributed by atoms with Gasteiger partial charge in [-0.15, -0.1) is 12.4 Å². The normalized spacial score (nSPS) is 18.6. The molecule has 0 spiro atoms. The van der Waals surface area contributed by atoms with Gasteiger partial charge in [-0.1, -0.05) is 0 Å². The van der Waals surface area contributed by atoms with Gasteiger partial charge in [-0.3, -0.25) is 0 Å². The van der Waals surface area contributed by atoms with Gasteiger partial charge in [0.05, 0.1) is 5.56 Å². The molecule has 1 unspecified atom stereocenters. The first kappa shape index (κ1) is 14.7. The SMILES string of the molecule is CN(CC1CCCNC1)c1ncccc1C#N.Cl. The molecule has 1 fully saturated rings. The maximum atomic E-state index is 9.04. The molecule has 2 rings (SSSR count).